The van der Waals surface area contributed by atoms with Crippen molar-refractivity contribution in [3.63, 3.8) is 0 Å². The summed E-state index contributed by atoms with van der Waals surface area (Å²) in [6.07, 6.45) is 2.41. The van der Waals surface area contributed by atoms with Crippen molar-refractivity contribution in [1.29, 1.82) is 0 Å². The summed E-state index contributed by atoms with van der Waals surface area (Å²) in [6, 6.07) is 0. The number of aromatic nitrogens is 2. The van der Waals surface area contributed by atoms with Crippen LogP contribution in [0.3, 0.4) is 0 Å². The van der Waals surface area contributed by atoms with Crippen LogP contribution in [0.5, 0.6) is 0 Å². The van der Waals surface area contributed by atoms with Gasteiger partial charge in [0.05, 0.1) is 0 Å². The van der Waals surface area contributed by atoms with Gasteiger partial charge in [-0.25, -0.2) is 9.97 Å². The monoisotopic (exact) mass is 225 g/mol. The van der Waals surface area contributed by atoms with Gasteiger partial charge >= 0.3 is 0 Å². The van der Waals surface area contributed by atoms with E-state index in [1.807, 2.05) is 14.0 Å². The van der Waals surface area contributed by atoms with Crippen LogP contribution in [0.25, 0.3) is 0 Å². The normalized spacial score (nSPS) is 15.5. The topological polar surface area (TPSA) is 29.0 Å². The Balaban J connectivity index is 2.42. The molecule has 0 radical (unpaired) electrons. The van der Waals surface area contributed by atoms with Crippen LogP contribution in [0.1, 0.15) is 37.1 Å². The van der Waals surface area contributed by atoms with E-state index in [4.69, 9.17) is 11.6 Å². The minimum atomic E-state index is 0.548. The van der Waals surface area contributed by atoms with Gasteiger partial charge in [-0.3, -0.25) is 0 Å². The third-order valence-corrected chi connectivity index (χ3v) is 3.22. The van der Waals surface area contributed by atoms with Crippen molar-refractivity contribution in [3.8, 4) is 0 Å². The summed E-state index contributed by atoms with van der Waals surface area (Å²) >= 11 is 6.11. The minimum absolute atomic E-state index is 0.548. The lowest BCUT2D eigenvalue weighted by atomic mass is 10.3. The zero-order valence-corrected chi connectivity index (χ0v) is 10.2. The van der Waals surface area contributed by atoms with Crippen molar-refractivity contribution in [2.24, 2.45) is 0 Å². The lowest BCUT2D eigenvalue weighted by Gasteiger charge is -2.19. The van der Waals surface area contributed by atoms with Crippen molar-refractivity contribution >= 4 is 17.4 Å². The Morgan fingerprint density at radius 3 is 2.60 bits per heavy atom. The molecule has 0 aromatic carbocycles. The highest BCUT2D eigenvalue weighted by atomic mass is 35.5. The summed E-state index contributed by atoms with van der Waals surface area (Å²) in [6.45, 7) is 5.01. The zero-order valence-electron chi connectivity index (χ0n) is 9.42. The Hall–Kier alpha value is -0.830. The molecule has 0 unspecified atom stereocenters. The molecule has 3 nitrogen and oxygen atoms in total. The van der Waals surface area contributed by atoms with E-state index >= 15 is 0 Å². The summed E-state index contributed by atoms with van der Waals surface area (Å²) in [7, 11) is 2.03. The van der Waals surface area contributed by atoms with Gasteiger partial charge in [-0.05, 0) is 26.7 Å². The van der Waals surface area contributed by atoms with Gasteiger partial charge in [-0.15, -0.1) is 0 Å². The van der Waals surface area contributed by atoms with Gasteiger partial charge < -0.3 is 4.90 Å². The fraction of sp³-hybridized carbons (Fsp3) is 0.636. The second-order valence-electron chi connectivity index (χ2n) is 4.11. The summed E-state index contributed by atoms with van der Waals surface area (Å²) in [5, 5.41) is 0.599. The molecule has 0 amide bonds. The standard InChI is InChI=1S/C11H16ClN3/c1-4-15(3)11-7(2)9(12)13-10(14-11)8-5-6-8/h8H,4-6H2,1-3H3. The molecule has 4 heteroatoms. The first kappa shape index (κ1) is 10.7. The molecule has 1 aromatic heterocycles. The molecule has 0 N–H and O–H groups in total. The van der Waals surface area contributed by atoms with Gasteiger partial charge in [0.25, 0.3) is 0 Å². The Morgan fingerprint density at radius 1 is 1.40 bits per heavy atom. The predicted octanol–water partition coefficient (Wildman–Crippen LogP) is 2.77. The summed E-state index contributed by atoms with van der Waals surface area (Å²) in [5.41, 5.74) is 0.977. The fourth-order valence-corrected chi connectivity index (χ4v) is 1.71. The van der Waals surface area contributed by atoms with Crippen LogP contribution >= 0.6 is 11.6 Å². The van der Waals surface area contributed by atoms with E-state index in [9.17, 15) is 0 Å². The molecule has 15 heavy (non-hydrogen) atoms. The highest BCUT2D eigenvalue weighted by Gasteiger charge is 2.28. The number of anilines is 1. The molecule has 1 aliphatic rings. The lowest BCUT2D eigenvalue weighted by Crippen LogP contribution is -2.19. The number of nitrogens with zero attached hydrogens (tertiary/aromatic N) is 3. The van der Waals surface area contributed by atoms with Crippen molar-refractivity contribution in [3.05, 3.63) is 16.5 Å². The number of hydrogen-bond acceptors (Lipinski definition) is 3. The number of rotatable bonds is 3. The molecule has 1 aliphatic carbocycles. The molecule has 1 fully saturated rings. The molecular formula is C11H16ClN3. The highest BCUT2D eigenvalue weighted by molar-refractivity contribution is 6.30. The van der Waals surface area contributed by atoms with Crippen molar-refractivity contribution in [2.45, 2.75) is 32.6 Å². The average molecular weight is 226 g/mol. The van der Waals surface area contributed by atoms with Crippen LogP contribution in [0.4, 0.5) is 5.82 Å². The Kier molecular flexibility index (Phi) is 2.83. The van der Waals surface area contributed by atoms with Crippen LogP contribution in [0.2, 0.25) is 5.15 Å². The van der Waals surface area contributed by atoms with E-state index in [1.165, 1.54) is 12.8 Å². The lowest BCUT2D eigenvalue weighted by molar-refractivity contribution is 0.864. The van der Waals surface area contributed by atoms with Crippen LogP contribution in [-0.4, -0.2) is 23.6 Å². The second-order valence-corrected chi connectivity index (χ2v) is 4.47. The van der Waals surface area contributed by atoms with Crippen molar-refractivity contribution < 1.29 is 0 Å². The first-order valence-electron chi connectivity index (χ1n) is 5.38. The molecule has 0 spiro atoms. The van der Waals surface area contributed by atoms with Crippen molar-refractivity contribution in [2.75, 3.05) is 18.5 Å². The molecule has 0 saturated heterocycles. The van der Waals surface area contributed by atoms with Gasteiger partial charge in [0.1, 0.15) is 16.8 Å². The smallest absolute Gasteiger partial charge is 0.137 e. The minimum Gasteiger partial charge on any atom is -0.360 e. The molecule has 1 heterocycles. The maximum Gasteiger partial charge on any atom is 0.137 e. The molecule has 0 atom stereocenters. The maximum absolute atomic E-state index is 6.11. The van der Waals surface area contributed by atoms with Gasteiger partial charge in [-0.2, -0.15) is 0 Å². The average Bonchev–Trinajstić information content (AvgIpc) is 3.04. The largest absolute Gasteiger partial charge is 0.360 e. The molecule has 82 valence electrons. The summed E-state index contributed by atoms with van der Waals surface area (Å²) in [4.78, 5) is 11.0. The van der Waals surface area contributed by atoms with Crippen molar-refractivity contribution in [1.82, 2.24) is 9.97 Å². The Morgan fingerprint density at radius 2 is 2.07 bits per heavy atom. The SMILES string of the molecule is CCN(C)c1nc(C2CC2)nc(Cl)c1C. The predicted molar refractivity (Wildman–Crippen MR) is 62.7 cm³/mol. The van der Waals surface area contributed by atoms with E-state index in [0.29, 0.717) is 11.1 Å². The highest BCUT2D eigenvalue weighted by Crippen LogP contribution is 2.39. The molecule has 1 aromatic rings. The fourth-order valence-electron chi connectivity index (χ4n) is 1.54. The van der Waals surface area contributed by atoms with Gasteiger partial charge in [0.2, 0.25) is 0 Å². The molecule has 1 saturated carbocycles. The molecule has 2 rings (SSSR count). The van der Waals surface area contributed by atoms with Gasteiger partial charge in [-0.1, -0.05) is 11.6 Å². The first-order valence-corrected chi connectivity index (χ1v) is 5.76. The van der Waals surface area contributed by atoms with Crippen LogP contribution in [0.15, 0.2) is 0 Å². The van der Waals surface area contributed by atoms with E-state index in [2.05, 4.69) is 21.8 Å². The van der Waals surface area contributed by atoms with Gasteiger partial charge in [0.15, 0.2) is 0 Å². The van der Waals surface area contributed by atoms with E-state index in [-0.39, 0.29) is 0 Å². The quantitative estimate of drug-likeness (QED) is 0.741. The van der Waals surface area contributed by atoms with Crippen LogP contribution in [-0.2, 0) is 0 Å². The Labute approximate surface area is 95.5 Å². The second kappa shape index (κ2) is 3.97. The number of hydrogen-bond donors (Lipinski definition) is 0. The van der Waals surface area contributed by atoms with E-state index in [1.54, 1.807) is 0 Å². The summed E-state index contributed by atoms with van der Waals surface area (Å²) in [5.74, 6) is 2.44. The Bertz CT molecular complexity index is 374. The van der Waals surface area contributed by atoms with Crippen LogP contribution < -0.4 is 4.90 Å². The van der Waals surface area contributed by atoms with Gasteiger partial charge in [0, 0.05) is 25.1 Å². The maximum atomic E-state index is 6.11. The third kappa shape index (κ3) is 2.07. The summed E-state index contributed by atoms with van der Waals surface area (Å²) < 4.78 is 0. The zero-order chi connectivity index (χ0) is 11.0. The van der Waals surface area contributed by atoms with E-state index in [0.717, 1.165) is 23.8 Å². The first-order chi connectivity index (χ1) is 7.13. The molecule has 0 bridgehead atoms. The number of halogens is 1. The van der Waals surface area contributed by atoms with Crippen LogP contribution in [0, 0.1) is 6.92 Å². The molecule has 0 aliphatic heterocycles. The third-order valence-electron chi connectivity index (χ3n) is 2.86. The van der Waals surface area contributed by atoms with E-state index < -0.39 is 0 Å². The molecular weight excluding hydrogens is 210 g/mol.